The Balaban J connectivity index is 1.56. The van der Waals surface area contributed by atoms with Crippen molar-refractivity contribution in [1.29, 1.82) is 0 Å². The minimum atomic E-state index is -0.675. The van der Waals surface area contributed by atoms with Crippen LogP contribution in [-0.2, 0) is 14.4 Å². The molecule has 2 aromatic rings. The highest BCUT2D eigenvalue weighted by Crippen LogP contribution is 2.13. The van der Waals surface area contributed by atoms with Crippen LogP contribution in [0.5, 0.6) is 0 Å². The van der Waals surface area contributed by atoms with Gasteiger partial charge in [0.1, 0.15) is 11.4 Å². The summed E-state index contributed by atoms with van der Waals surface area (Å²) in [6, 6.07) is 10.1. The first-order valence-corrected chi connectivity index (χ1v) is 9.94. The zero-order valence-electron chi connectivity index (χ0n) is 17.3. The lowest BCUT2D eigenvalue weighted by Gasteiger charge is -2.34. The van der Waals surface area contributed by atoms with Gasteiger partial charge < -0.3 is 14.6 Å². The Bertz CT molecular complexity index is 1060. The third-order valence-electron chi connectivity index (χ3n) is 4.98. The van der Waals surface area contributed by atoms with Gasteiger partial charge in [0.15, 0.2) is 0 Å². The first-order valence-electron chi connectivity index (χ1n) is 9.94. The number of benzene rings is 1. The van der Waals surface area contributed by atoms with Crippen molar-refractivity contribution in [3.63, 3.8) is 0 Å². The largest absolute Gasteiger partial charge is 0.376 e. The van der Waals surface area contributed by atoms with Crippen LogP contribution in [0.25, 0.3) is 0 Å². The Morgan fingerprint density at radius 1 is 1.06 bits per heavy atom. The fourth-order valence-electron chi connectivity index (χ4n) is 3.26. The lowest BCUT2D eigenvalue weighted by Crippen LogP contribution is -2.51. The number of hydrogen-bond donors (Lipinski definition) is 1. The fraction of sp³-hybridized carbons (Fsp3) is 0.238. The normalized spacial score (nSPS) is 18.2. The number of rotatable bonds is 4. The van der Waals surface area contributed by atoms with E-state index in [0.717, 1.165) is 0 Å². The van der Waals surface area contributed by atoms with Gasteiger partial charge in [0.05, 0.1) is 0 Å². The predicted octanol–water partition coefficient (Wildman–Crippen LogP) is 0.199. The molecule has 2 amide bonds. The molecule has 1 N–H and O–H groups in total. The van der Waals surface area contributed by atoms with Crippen LogP contribution in [0.2, 0.25) is 0 Å². The van der Waals surface area contributed by atoms with Crippen molar-refractivity contribution in [1.82, 2.24) is 25.5 Å². The van der Waals surface area contributed by atoms with Crippen molar-refractivity contribution in [2.75, 3.05) is 38.1 Å². The van der Waals surface area contributed by atoms with Crippen molar-refractivity contribution >= 4 is 29.4 Å². The van der Waals surface area contributed by atoms with Gasteiger partial charge in [0, 0.05) is 57.3 Å². The molecule has 32 heavy (non-hydrogen) atoms. The maximum absolute atomic E-state index is 13.3. The molecule has 0 unspecified atom stereocenters. The van der Waals surface area contributed by atoms with E-state index in [-0.39, 0.29) is 11.4 Å². The van der Waals surface area contributed by atoms with Crippen molar-refractivity contribution in [2.24, 2.45) is 4.99 Å². The Morgan fingerprint density at radius 2 is 1.75 bits per heavy atom. The number of amides is 2. The van der Waals surface area contributed by atoms with Crippen LogP contribution in [0.15, 0.2) is 65.6 Å². The fourth-order valence-corrected chi connectivity index (χ4v) is 3.26. The maximum atomic E-state index is 13.3. The SMILES string of the molecule is CN1NOC(=O)/C1=C\C(=NC(=O)c1ccccc1)C(=O)N1CCN(c2ncccn2)CC1. The van der Waals surface area contributed by atoms with Gasteiger partial charge in [0.2, 0.25) is 5.95 Å². The average Bonchev–Trinajstić information content (AvgIpc) is 3.16. The number of nitrogens with one attached hydrogen (secondary N) is 1. The molecule has 0 saturated carbocycles. The zero-order valence-corrected chi connectivity index (χ0v) is 17.3. The van der Waals surface area contributed by atoms with E-state index < -0.39 is 17.8 Å². The Hall–Kier alpha value is -4.12. The summed E-state index contributed by atoms with van der Waals surface area (Å²) in [5, 5.41) is 1.31. The van der Waals surface area contributed by atoms with E-state index in [0.29, 0.717) is 37.7 Å². The van der Waals surface area contributed by atoms with E-state index in [2.05, 4.69) is 20.5 Å². The summed E-state index contributed by atoms with van der Waals surface area (Å²) in [7, 11) is 1.55. The van der Waals surface area contributed by atoms with Gasteiger partial charge in [-0.05, 0) is 18.2 Å². The Morgan fingerprint density at radius 3 is 2.38 bits per heavy atom. The highest BCUT2D eigenvalue weighted by Gasteiger charge is 2.30. The maximum Gasteiger partial charge on any atom is 0.376 e. The molecule has 2 fully saturated rings. The van der Waals surface area contributed by atoms with Crippen LogP contribution in [-0.4, -0.2) is 76.6 Å². The van der Waals surface area contributed by atoms with E-state index >= 15 is 0 Å². The Labute approximate surface area is 183 Å². The highest BCUT2D eigenvalue weighted by atomic mass is 16.7. The number of hydrazine groups is 1. The van der Waals surface area contributed by atoms with Crippen LogP contribution < -0.4 is 10.5 Å². The molecule has 1 aromatic heterocycles. The minimum absolute atomic E-state index is 0.0642. The van der Waals surface area contributed by atoms with E-state index in [1.807, 2.05) is 4.90 Å². The number of carbonyl (C=O) groups is 3. The molecule has 1 aromatic carbocycles. The van der Waals surface area contributed by atoms with Crippen LogP contribution in [0.1, 0.15) is 10.4 Å². The quantitative estimate of drug-likeness (QED) is 0.530. The molecule has 4 rings (SSSR count). The van der Waals surface area contributed by atoms with Crippen LogP contribution in [0.4, 0.5) is 5.95 Å². The molecular formula is C21H21N7O4. The van der Waals surface area contributed by atoms with Crippen LogP contribution in [0, 0.1) is 0 Å². The summed E-state index contributed by atoms with van der Waals surface area (Å²) in [5.41, 5.74) is 2.63. The molecule has 11 heteroatoms. The van der Waals surface area contributed by atoms with Crippen molar-refractivity contribution in [3.8, 4) is 0 Å². The number of hydrogen-bond acceptors (Lipinski definition) is 9. The van der Waals surface area contributed by atoms with Gasteiger partial charge in [-0.2, -0.15) is 0 Å². The molecule has 2 saturated heterocycles. The van der Waals surface area contributed by atoms with Gasteiger partial charge in [-0.25, -0.2) is 19.8 Å². The summed E-state index contributed by atoms with van der Waals surface area (Å²) in [5.74, 6) is -1.12. The first-order chi connectivity index (χ1) is 15.5. The number of carbonyl (C=O) groups excluding carboxylic acids is 3. The molecule has 0 atom stereocenters. The number of aromatic nitrogens is 2. The zero-order chi connectivity index (χ0) is 22.5. The van der Waals surface area contributed by atoms with Gasteiger partial charge in [0.25, 0.3) is 11.8 Å². The number of anilines is 1. The summed E-state index contributed by atoms with van der Waals surface area (Å²) < 4.78 is 0. The number of likely N-dealkylation sites (N-methyl/N-ethyl adjacent to an activating group) is 1. The molecule has 0 bridgehead atoms. The van der Waals surface area contributed by atoms with E-state index in [9.17, 15) is 14.4 Å². The molecule has 3 heterocycles. The van der Waals surface area contributed by atoms with Gasteiger partial charge >= 0.3 is 5.97 Å². The third kappa shape index (κ3) is 4.62. The molecule has 0 aliphatic carbocycles. The van der Waals surface area contributed by atoms with Crippen molar-refractivity contribution in [3.05, 3.63) is 66.1 Å². The topological polar surface area (TPSA) is 120 Å². The van der Waals surface area contributed by atoms with E-state index in [1.165, 1.54) is 11.1 Å². The lowest BCUT2D eigenvalue weighted by atomic mass is 10.2. The van der Waals surface area contributed by atoms with Crippen molar-refractivity contribution in [2.45, 2.75) is 0 Å². The van der Waals surface area contributed by atoms with Crippen LogP contribution in [0.3, 0.4) is 0 Å². The highest BCUT2D eigenvalue weighted by molar-refractivity contribution is 6.45. The lowest BCUT2D eigenvalue weighted by molar-refractivity contribution is -0.142. The van der Waals surface area contributed by atoms with Gasteiger partial charge in [-0.3, -0.25) is 14.6 Å². The monoisotopic (exact) mass is 435 g/mol. The van der Waals surface area contributed by atoms with E-state index in [1.54, 1.807) is 60.7 Å². The first kappa shape index (κ1) is 21.1. The molecule has 0 spiro atoms. The smallest absolute Gasteiger partial charge is 0.345 e. The summed E-state index contributed by atoms with van der Waals surface area (Å²) >= 11 is 0. The second kappa shape index (κ2) is 9.35. The standard InChI is InChI=1S/C21H21N7O4/c1-26-17(20(31)32-25-26)14-16(24-18(29)15-6-3-2-4-7-15)19(30)27-10-12-28(13-11-27)21-22-8-5-9-23-21/h2-9,14,25H,10-13H2,1H3/b17-14+,24-16?. The third-order valence-corrected chi connectivity index (χ3v) is 4.98. The molecule has 11 nitrogen and oxygen atoms in total. The second-order valence-electron chi connectivity index (χ2n) is 7.07. The van der Waals surface area contributed by atoms with Crippen molar-refractivity contribution < 1.29 is 19.2 Å². The Kier molecular flexibility index (Phi) is 6.17. The molecular weight excluding hydrogens is 414 g/mol. The van der Waals surface area contributed by atoms with Crippen LogP contribution >= 0.6 is 0 Å². The number of aliphatic imine (C=N–C) groups is 1. The average molecular weight is 435 g/mol. The summed E-state index contributed by atoms with van der Waals surface area (Å²) in [6.45, 7) is 1.82. The molecule has 2 aliphatic heterocycles. The summed E-state index contributed by atoms with van der Waals surface area (Å²) in [6.07, 6.45) is 4.59. The molecule has 0 radical (unpaired) electrons. The van der Waals surface area contributed by atoms with Gasteiger partial charge in [-0.15, -0.1) is 0 Å². The molecule has 2 aliphatic rings. The second-order valence-corrected chi connectivity index (χ2v) is 7.07. The number of piperazine rings is 1. The van der Waals surface area contributed by atoms with E-state index in [4.69, 9.17) is 4.84 Å². The minimum Gasteiger partial charge on any atom is -0.345 e. The molecule has 164 valence electrons. The number of nitrogens with zero attached hydrogens (tertiary/aromatic N) is 6. The van der Waals surface area contributed by atoms with Gasteiger partial charge in [-0.1, -0.05) is 23.8 Å². The summed E-state index contributed by atoms with van der Waals surface area (Å²) in [4.78, 5) is 58.7. The predicted molar refractivity (Wildman–Crippen MR) is 114 cm³/mol.